The number of carboxylic acid groups (broad SMARTS) is 2. The topological polar surface area (TPSA) is 149 Å². The van der Waals surface area contributed by atoms with Gasteiger partial charge in [0, 0.05) is 24.0 Å². The molecule has 2 aromatic carbocycles. The van der Waals surface area contributed by atoms with E-state index in [2.05, 4.69) is 13.8 Å². The van der Waals surface area contributed by atoms with Crippen LogP contribution in [0.15, 0.2) is 48.5 Å². The highest BCUT2D eigenvalue weighted by atomic mass is 16.4. The molecule has 258 valence electrons. The number of hydrogen-bond donors (Lipinski definition) is 4. The van der Waals surface area contributed by atoms with Crippen LogP contribution < -0.4 is 0 Å². The van der Waals surface area contributed by atoms with E-state index in [-0.39, 0.29) is 22.6 Å². The van der Waals surface area contributed by atoms with Crippen LogP contribution in [0.1, 0.15) is 163 Å². The fourth-order valence-electron chi connectivity index (χ4n) is 4.66. The van der Waals surface area contributed by atoms with E-state index in [1.165, 1.54) is 138 Å². The van der Waals surface area contributed by atoms with Crippen molar-refractivity contribution in [2.45, 2.75) is 142 Å². The number of rotatable bonds is 23. The molecule has 46 heavy (non-hydrogen) atoms. The van der Waals surface area contributed by atoms with Crippen LogP contribution in [0.25, 0.3) is 0 Å². The number of ketones is 2. The van der Waals surface area contributed by atoms with Crippen LogP contribution in [-0.2, 0) is 9.59 Å². The molecule has 8 heteroatoms. The van der Waals surface area contributed by atoms with Crippen LogP contribution in [0.2, 0.25) is 0 Å². The lowest BCUT2D eigenvalue weighted by Crippen LogP contribution is -2.14. The quantitative estimate of drug-likeness (QED) is 0.0531. The molecule has 0 aliphatic heterocycles. The van der Waals surface area contributed by atoms with Crippen molar-refractivity contribution in [3.05, 3.63) is 59.7 Å². The number of hydrogen-bond acceptors (Lipinski definition) is 6. The van der Waals surface area contributed by atoms with Gasteiger partial charge >= 0.3 is 11.9 Å². The normalized spacial score (nSPS) is 10.2. The lowest BCUT2D eigenvalue weighted by molar-refractivity contribution is -0.138. The molecule has 0 saturated carbocycles. The van der Waals surface area contributed by atoms with Gasteiger partial charge in [-0.1, -0.05) is 117 Å². The van der Waals surface area contributed by atoms with Crippen LogP contribution in [0.4, 0.5) is 0 Å². The number of benzene rings is 2. The zero-order chi connectivity index (χ0) is 34.4. The average molecular weight is 643 g/mol. The monoisotopic (exact) mass is 642 g/mol. The summed E-state index contributed by atoms with van der Waals surface area (Å²) in [6, 6.07) is 10.9. The van der Waals surface area contributed by atoms with E-state index in [0.29, 0.717) is 12.8 Å². The van der Waals surface area contributed by atoms with Crippen molar-refractivity contribution in [3.8, 4) is 11.5 Å². The molecule has 0 aromatic heterocycles. The molecule has 0 spiro atoms. The number of carbonyl (C=O) groups is 4. The molecule has 0 fully saturated rings. The lowest BCUT2D eigenvalue weighted by atomic mass is 10.0. The van der Waals surface area contributed by atoms with Crippen molar-refractivity contribution in [2.75, 3.05) is 0 Å². The number of carbonyl (C=O) groups excluding carboxylic acids is 2. The number of Topliss-reactive ketones (excluding diaryl/α,β-unsaturated/α-hetero) is 2. The zero-order valence-electron chi connectivity index (χ0n) is 28.2. The number of phenolic OH excluding ortho intramolecular Hbond substituents is 2. The third kappa shape index (κ3) is 24.6. The van der Waals surface area contributed by atoms with Gasteiger partial charge in [-0.25, -0.2) is 0 Å². The maximum atomic E-state index is 11.8. The Bertz CT molecular complexity index is 989. The molecule has 2 aromatic rings. The van der Waals surface area contributed by atoms with E-state index in [1.807, 2.05) is 0 Å². The molecule has 0 amide bonds. The van der Waals surface area contributed by atoms with Gasteiger partial charge in [-0.3, -0.25) is 19.2 Å². The number of unbranched alkanes of at least 4 members (excludes halogenated alkanes) is 16. The van der Waals surface area contributed by atoms with Gasteiger partial charge in [-0.2, -0.15) is 0 Å². The molecular weight excluding hydrogens is 584 g/mol. The summed E-state index contributed by atoms with van der Waals surface area (Å²) in [5.74, 6) is -2.56. The summed E-state index contributed by atoms with van der Waals surface area (Å²) in [5.41, 5.74) is 0.428. The van der Waals surface area contributed by atoms with Gasteiger partial charge in [0.15, 0.2) is 0 Å². The summed E-state index contributed by atoms with van der Waals surface area (Å²) in [4.78, 5) is 44.1. The smallest absolute Gasteiger partial charge is 0.303 e. The molecule has 0 bridgehead atoms. The molecule has 8 nitrogen and oxygen atoms in total. The summed E-state index contributed by atoms with van der Waals surface area (Å²) in [6.45, 7) is 4.46. The lowest BCUT2D eigenvalue weighted by Gasteiger charge is -2.01. The fourth-order valence-corrected chi connectivity index (χ4v) is 4.66. The summed E-state index contributed by atoms with van der Waals surface area (Å²) in [7, 11) is 0. The van der Waals surface area contributed by atoms with E-state index in [1.54, 1.807) is 0 Å². The molecule has 0 aliphatic rings. The Labute approximate surface area is 276 Å². The van der Waals surface area contributed by atoms with Gasteiger partial charge in [0.1, 0.15) is 11.5 Å². The molecule has 0 radical (unpaired) electrons. The Kier molecular flexibility index (Phi) is 26.5. The molecule has 0 atom stereocenters. The van der Waals surface area contributed by atoms with Crippen LogP contribution in [-0.4, -0.2) is 43.9 Å². The highest BCUT2D eigenvalue weighted by Crippen LogP contribution is 2.15. The molecule has 0 heterocycles. The SMILES string of the molecule is CCCCCCCCCCCC(=O)O.CCCCCCCCCCCC(=O)O.O=C(C(=O)c1ccc(O)cc1)c1ccc(O)cc1. The average Bonchev–Trinajstić information content (AvgIpc) is 3.03. The molecule has 0 saturated heterocycles. The highest BCUT2D eigenvalue weighted by molar-refractivity contribution is 6.49. The highest BCUT2D eigenvalue weighted by Gasteiger charge is 2.18. The van der Waals surface area contributed by atoms with Gasteiger partial charge in [0.05, 0.1) is 0 Å². The summed E-state index contributed by atoms with van der Waals surface area (Å²) in [5, 5.41) is 35.0. The standard InChI is InChI=1S/C14H10O4.2C12H24O2/c15-11-5-1-9(2-6-11)13(17)14(18)10-3-7-12(16)8-4-10;2*1-2-3-4-5-6-7-8-9-10-11-12(13)14/h1-8,15-16H;2*2-11H2,1H3,(H,13,14). The largest absolute Gasteiger partial charge is 0.508 e. The third-order valence-electron chi connectivity index (χ3n) is 7.45. The van der Waals surface area contributed by atoms with Crippen molar-refractivity contribution in [2.24, 2.45) is 0 Å². The predicted molar refractivity (Wildman–Crippen MR) is 184 cm³/mol. The second kappa shape index (κ2) is 28.8. The van der Waals surface area contributed by atoms with E-state index >= 15 is 0 Å². The first kappa shape index (κ1) is 42.3. The predicted octanol–water partition coefficient (Wildman–Crippen LogP) is 10.1. The van der Waals surface area contributed by atoms with Crippen LogP contribution in [0.5, 0.6) is 11.5 Å². The number of aromatic hydroxyl groups is 2. The van der Waals surface area contributed by atoms with E-state index in [9.17, 15) is 19.2 Å². The Morgan fingerprint density at radius 1 is 0.413 bits per heavy atom. The summed E-state index contributed by atoms with van der Waals surface area (Å²) < 4.78 is 0. The maximum Gasteiger partial charge on any atom is 0.303 e. The van der Waals surface area contributed by atoms with Gasteiger partial charge < -0.3 is 20.4 Å². The second-order valence-electron chi connectivity index (χ2n) is 11.7. The van der Waals surface area contributed by atoms with Gasteiger partial charge in [0.2, 0.25) is 11.6 Å². The molecule has 0 unspecified atom stereocenters. The fraction of sp³-hybridized carbons (Fsp3) is 0.579. The van der Waals surface area contributed by atoms with Crippen molar-refractivity contribution < 1.29 is 39.6 Å². The minimum atomic E-state index is -0.659. The van der Waals surface area contributed by atoms with Crippen molar-refractivity contribution in [1.82, 2.24) is 0 Å². The Balaban J connectivity index is 0.000000671. The van der Waals surface area contributed by atoms with Crippen LogP contribution in [0.3, 0.4) is 0 Å². The number of phenols is 2. The van der Waals surface area contributed by atoms with Gasteiger partial charge in [-0.05, 0) is 61.4 Å². The summed E-state index contributed by atoms with van der Waals surface area (Å²) in [6.07, 6.45) is 23.0. The maximum absolute atomic E-state index is 11.8. The Morgan fingerprint density at radius 2 is 0.652 bits per heavy atom. The second-order valence-corrected chi connectivity index (χ2v) is 11.7. The Morgan fingerprint density at radius 3 is 0.891 bits per heavy atom. The first-order valence-corrected chi connectivity index (χ1v) is 17.2. The van der Waals surface area contributed by atoms with Crippen molar-refractivity contribution >= 4 is 23.5 Å². The molecular formula is C38H58O8. The number of carboxylic acids is 2. The first-order valence-electron chi connectivity index (χ1n) is 17.2. The van der Waals surface area contributed by atoms with Gasteiger partial charge in [-0.15, -0.1) is 0 Å². The molecule has 2 rings (SSSR count). The summed E-state index contributed by atoms with van der Waals surface area (Å²) >= 11 is 0. The van der Waals surface area contributed by atoms with E-state index < -0.39 is 23.5 Å². The first-order chi connectivity index (χ1) is 22.1. The minimum Gasteiger partial charge on any atom is -0.508 e. The third-order valence-corrected chi connectivity index (χ3v) is 7.45. The van der Waals surface area contributed by atoms with Crippen LogP contribution >= 0.6 is 0 Å². The Hall–Kier alpha value is -3.68. The number of aliphatic carboxylic acids is 2. The minimum absolute atomic E-state index is 0.0311. The van der Waals surface area contributed by atoms with E-state index in [0.717, 1.165) is 25.7 Å². The van der Waals surface area contributed by atoms with Crippen molar-refractivity contribution in [1.29, 1.82) is 0 Å². The van der Waals surface area contributed by atoms with E-state index in [4.69, 9.17) is 20.4 Å². The van der Waals surface area contributed by atoms with Crippen molar-refractivity contribution in [3.63, 3.8) is 0 Å². The zero-order valence-corrected chi connectivity index (χ0v) is 28.2. The van der Waals surface area contributed by atoms with Crippen LogP contribution in [0, 0.1) is 0 Å². The molecule has 0 aliphatic carbocycles. The molecule has 4 N–H and O–H groups in total. The van der Waals surface area contributed by atoms with Gasteiger partial charge in [0.25, 0.3) is 0 Å².